The highest BCUT2D eigenvalue weighted by molar-refractivity contribution is 5.60. The Bertz CT molecular complexity index is 1070. The highest BCUT2D eigenvalue weighted by Crippen LogP contribution is 2.32. The summed E-state index contributed by atoms with van der Waals surface area (Å²) in [5.41, 5.74) is 0.295. The molecule has 0 saturated heterocycles. The molecule has 2 aromatic heterocycles. The minimum atomic E-state index is -0.874. The van der Waals surface area contributed by atoms with Gasteiger partial charge in [-0.05, 0) is 17.7 Å². The molecule has 7 heteroatoms. The molecule has 6 nitrogen and oxygen atoms in total. The van der Waals surface area contributed by atoms with Crippen molar-refractivity contribution in [2.24, 2.45) is 5.41 Å². The van der Waals surface area contributed by atoms with Crippen molar-refractivity contribution in [3.05, 3.63) is 76.6 Å². The zero-order chi connectivity index (χ0) is 20.6. The lowest BCUT2D eigenvalue weighted by atomic mass is 9.90. The molecule has 3 heterocycles. The smallest absolute Gasteiger partial charge is 0.291 e. The van der Waals surface area contributed by atoms with Crippen LogP contribution in [0.1, 0.15) is 25.5 Å². The van der Waals surface area contributed by atoms with E-state index in [-0.39, 0.29) is 17.7 Å². The minimum absolute atomic E-state index is 0.00237. The molecular weight excluding hydrogens is 371 g/mol. The first-order valence-electron chi connectivity index (χ1n) is 9.54. The summed E-state index contributed by atoms with van der Waals surface area (Å²) in [4.78, 5) is 23.2. The van der Waals surface area contributed by atoms with Crippen molar-refractivity contribution in [2.75, 3.05) is 18.0 Å². The maximum absolute atomic E-state index is 14.9. The van der Waals surface area contributed by atoms with Gasteiger partial charge in [-0.3, -0.25) is 14.3 Å². The fourth-order valence-electron chi connectivity index (χ4n) is 3.81. The van der Waals surface area contributed by atoms with Crippen LogP contribution in [0, 0.1) is 11.2 Å². The zero-order valence-corrected chi connectivity index (χ0v) is 16.4. The molecule has 0 saturated carbocycles. The number of anilines is 1. The summed E-state index contributed by atoms with van der Waals surface area (Å²) in [5, 5.41) is 10.7. The Balaban J connectivity index is 1.79. The minimum Gasteiger partial charge on any atom is -0.387 e. The van der Waals surface area contributed by atoms with Crippen LogP contribution in [0.4, 0.5) is 10.3 Å². The lowest BCUT2D eigenvalue weighted by molar-refractivity contribution is 0.171. The summed E-state index contributed by atoms with van der Waals surface area (Å²) in [7, 11) is 0. The van der Waals surface area contributed by atoms with Gasteiger partial charge in [0.05, 0.1) is 12.6 Å². The van der Waals surface area contributed by atoms with E-state index in [1.807, 2.05) is 49.1 Å². The quantitative estimate of drug-likeness (QED) is 0.737. The number of aromatic nitrogens is 3. The number of pyridine rings is 1. The lowest BCUT2D eigenvalue weighted by Crippen LogP contribution is -2.49. The Kier molecular flexibility index (Phi) is 4.92. The van der Waals surface area contributed by atoms with E-state index in [9.17, 15) is 14.3 Å². The first-order valence-corrected chi connectivity index (χ1v) is 9.54. The van der Waals surface area contributed by atoms with Gasteiger partial charge in [0, 0.05) is 36.5 Å². The number of hydrogen-bond acceptors (Lipinski definition) is 5. The molecule has 1 N–H and O–H groups in total. The van der Waals surface area contributed by atoms with E-state index in [1.165, 1.54) is 17.0 Å². The van der Waals surface area contributed by atoms with Crippen molar-refractivity contribution in [1.82, 2.24) is 14.5 Å². The van der Waals surface area contributed by atoms with E-state index >= 15 is 0 Å². The SMILES string of the molecule is CC1(C)CN(C[C@H](O)c2ccccc2)c2nc(-c3ccncc3)c(F)c(=O)n2C1. The molecule has 1 aromatic carbocycles. The number of benzene rings is 1. The summed E-state index contributed by atoms with van der Waals surface area (Å²) in [5.74, 6) is -0.501. The standard InChI is InChI=1S/C22H23FN4O2/c1-22(2)13-26(12-17(28)15-6-4-3-5-7-15)21-25-19(16-8-10-24-11-9-16)18(23)20(29)27(21)14-22/h3-11,17,28H,12-14H2,1-2H3/t17-/m0/s1. The Morgan fingerprint density at radius 3 is 2.52 bits per heavy atom. The van der Waals surface area contributed by atoms with E-state index in [0.717, 1.165) is 5.56 Å². The van der Waals surface area contributed by atoms with E-state index in [1.54, 1.807) is 12.1 Å². The summed E-state index contributed by atoms with van der Waals surface area (Å²) >= 11 is 0. The number of β-amino-alcohol motifs (C(OH)–C–C–N with tert-alkyl or cyclic N) is 1. The fourth-order valence-corrected chi connectivity index (χ4v) is 3.81. The molecule has 4 rings (SSSR count). The average molecular weight is 394 g/mol. The second kappa shape index (κ2) is 7.40. The number of fused-ring (bicyclic) bond motifs is 1. The van der Waals surface area contributed by atoms with E-state index in [4.69, 9.17) is 0 Å². The van der Waals surface area contributed by atoms with Crippen LogP contribution in [0.2, 0.25) is 0 Å². The molecule has 1 aliphatic rings. The van der Waals surface area contributed by atoms with Gasteiger partial charge in [-0.1, -0.05) is 44.2 Å². The zero-order valence-electron chi connectivity index (χ0n) is 16.4. The van der Waals surface area contributed by atoms with Crippen molar-refractivity contribution in [3.63, 3.8) is 0 Å². The Morgan fingerprint density at radius 1 is 1.14 bits per heavy atom. The van der Waals surface area contributed by atoms with Crippen LogP contribution in [0.15, 0.2) is 59.7 Å². The third kappa shape index (κ3) is 3.78. The summed E-state index contributed by atoms with van der Waals surface area (Å²) in [6, 6.07) is 12.6. The number of halogens is 1. The van der Waals surface area contributed by atoms with E-state index < -0.39 is 17.5 Å². The van der Waals surface area contributed by atoms with E-state index in [0.29, 0.717) is 24.6 Å². The number of aliphatic hydroxyl groups is 1. The number of hydrogen-bond donors (Lipinski definition) is 1. The van der Waals surface area contributed by atoms with Crippen molar-refractivity contribution < 1.29 is 9.50 Å². The largest absolute Gasteiger partial charge is 0.387 e. The van der Waals surface area contributed by atoms with Crippen LogP contribution < -0.4 is 10.5 Å². The Hall–Kier alpha value is -3.06. The van der Waals surface area contributed by atoms with Gasteiger partial charge in [-0.25, -0.2) is 4.98 Å². The van der Waals surface area contributed by atoms with E-state index in [2.05, 4.69) is 9.97 Å². The number of nitrogens with zero attached hydrogens (tertiary/aromatic N) is 4. The molecule has 0 aliphatic carbocycles. The summed E-state index contributed by atoms with van der Waals surface area (Å²) < 4.78 is 16.3. The normalized spacial score (nSPS) is 16.3. The lowest BCUT2D eigenvalue weighted by Gasteiger charge is -2.41. The van der Waals surface area contributed by atoms with Gasteiger partial charge in [0.25, 0.3) is 5.56 Å². The fraction of sp³-hybridized carbons (Fsp3) is 0.318. The van der Waals surface area contributed by atoms with Crippen molar-refractivity contribution in [2.45, 2.75) is 26.5 Å². The van der Waals surface area contributed by atoms with Crippen LogP contribution in [-0.2, 0) is 6.54 Å². The van der Waals surface area contributed by atoms with Crippen molar-refractivity contribution in [1.29, 1.82) is 0 Å². The molecule has 0 fully saturated rings. The molecule has 1 atom stereocenters. The molecule has 0 amide bonds. The number of rotatable bonds is 4. The first kappa shape index (κ1) is 19.3. The highest BCUT2D eigenvalue weighted by Gasteiger charge is 2.34. The molecule has 150 valence electrons. The van der Waals surface area contributed by atoms with Gasteiger partial charge in [0.2, 0.25) is 11.8 Å². The number of aliphatic hydroxyl groups excluding tert-OH is 1. The molecule has 0 bridgehead atoms. The first-order chi connectivity index (χ1) is 13.9. The molecule has 29 heavy (non-hydrogen) atoms. The van der Waals surface area contributed by atoms with Gasteiger partial charge in [0.15, 0.2) is 0 Å². The van der Waals surface area contributed by atoms with Crippen LogP contribution in [0.25, 0.3) is 11.3 Å². The third-order valence-electron chi connectivity index (χ3n) is 5.11. The van der Waals surface area contributed by atoms with Crippen molar-refractivity contribution in [3.8, 4) is 11.3 Å². The Labute approximate surface area is 168 Å². The predicted octanol–water partition coefficient (Wildman–Crippen LogP) is 3.02. The van der Waals surface area contributed by atoms with Gasteiger partial charge in [-0.2, -0.15) is 4.39 Å². The topological polar surface area (TPSA) is 71.2 Å². The summed E-state index contributed by atoms with van der Waals surface area (Å²) in [6.07, 6.45) is 2.31. The van der Waals surface area contributed by atoms with Gasteiger partial charge < -0.3 is 10.0 Å². The highest BCUT2D eigenvalue weighted by atomic mass is 19.1. The van der Waals surface area contributed by atoms with Crippen LogP contribution in [0.3, 0.4) is 0 Å². The van der Waals surface area contributed by atoms with Gasteiger partial charge in [0.1, 0.15) is 5.69 Å². The monoisotopic (exact) mass is 394 g/mol. The molecule has 1 aliphatic heterocycles. The molecule has 0 radical (unpaired) electrons. The third-order valence-corrected chi connectivity index (χ3v) is 5.11. The molecule has 0 unspecified atom stereocenters. The maximum Gasteiger partial charge on any atom is 0.291 e. The maximum atomic E-state index is 14.9. The van der Waals surface area contributed by atoms with Crippen LogP contribution >= 0.6 is 0 Å². The second-order valence-corrected chi connectivity index (χ2v) is 8.17. The van der Waals surface area contributed by atoms with Gasteiger partial charge in [-0.15, -0.1) is 0 Å². The Morgan fingerprint density at radius 2 is 1.83 bits per heavy atom. The molecule has 0 spiro atoms. The summed E-state index contributed by atoms with van der Waals surface area (Å²) in [6.45, 7) is 5.23. The predicted molar refractivity (Wildman–Crippen MR) is 109 cm³/mol. The van der Waals surface area contributed by atoms with Gasteiger partial charge >= 0.3 is 0 Å². The molecular formula is C22H23FN4O2. The second-order valence-electron chi connectivity index (χ2n) is 8.17. The average Bonchev–Trinajstić information content (AvgIpc) is 2.72. The van der Waals surface area contributed by atoms with Crippen LogP contribution in [0.5, 0.6) is 0 Å². The van der Waals surface area contributed by atoms with Crippen LogP contribution in [-0.4, -0.2) is 32.7 Å². The van der Waals surface area contributed by atoms with Crippen molar-refractivity contribution >= 4 is 5.95 Å². The molecule has 3 aromatic rings.